The average Bonchev–Trinajstić information content (AvgIpc) is 2.80. The van der Waals surface area contributed by atoms with Crippen LogP contribution in [0.3, 0.4) is 0 Å². The number of hydrogen-bond acceptors (Lipinski definition) is 5. The maximum atomic E-state index is 15.8. The van der Waals surface area contributed by atoms with E-state index >= 15 is 8.78 Å². The van der Waals surface area contributed by atoms with Crippen molar-refractivity contribution in [2.24, 2.45) is 5.11 Å². The number of nitrogens with zero attached hydrogens (tertiary/aromatic N) is 5. The zero-order valence-corrected chi connectivity index (χ0v) is 19.3. The fourth-order valence-corrected chi connectivity index (χ4v) is 4.89. The lowest BCUT2D eigenvalue weighted by molar-refractivity contribution is -0.255. The molecule has 2 fully saturated rings. The molecule has 8 nitrogen and oxygen atoms in total. The Kier molecular flexibility index (Phi) is 5.31. The van der Waals surface area contributed by atoms with Gasteiger partial charge < -0.3 is 19.2 Å². The highest BCUT2D eigenvalue weighted by atomic mass is 19.2. The maximum Gasteiger partial charge on any atom is 0.203 e. The molecule has 0 aromatic heterocycles. The van der Waals surface area contributed by atoms with E-state index < -0.39 is 40.2 Å². The van der Waals surface area contributed by atoms with Crippen LogP contribution in [0.1, 0.15) is 23.2 Å². The van der Waals surface area contributed by atoms with Gasteiger partial charge in [-0.1, -0.05) is 5.11 Å². The quantitative estimate of drug-likeness (QED) is 0.103. The molecule has 0 amide bonds. The zero-order chi connectivity index (χ0) is 25.8. The molecule has 186 valence electrons. The van der Waals surface area contributed by atoms with Crippen molar-refractivity contribution < 1.29 is 27.5 Å². The van der Waals surface area contributed by atoms with Gasteiger partial charge in [0.05, 0.1) is 18.5 Å². The Morgan fingerprint density at radius 2 is 1.81 bits per heavy atom. The van der Waals surface area contributed by atoms with Gasteiger partial charge in [-0.25, -0.2) is 17.7 Å². The largest absolute Gasteiger partial charge is 0.545 e. The first-order valence-electron chi connectivity index (χ1n) is 11.7. The van der Waals surface area contributed by atoms with Crippen LogP contribution in [0.25, 0.3) is 43.9 Å². The standard InChI is InChI=1S/C26H18F3N5O3/c27-22-21(26(35)36)20(23(28)25(24(22)29)31-32-30)19-15-5-3-13(33-7-1-8-33)11-17(15)37-18-12-14(4-6-16(18)19)34-9-2-10-34/h3-6,11-12H,1-2,7-10H2. The Morgan fingerprint density at radius 3 is 2.43 bits per heavy atom. The van der Waals surface area contributed by atoms with E-state index in [-0.39, 0.29) is 16.5 Å². The average molecular weight is 505 g/mol. The van der Waals surface area contributed by atoms with Crippen LogP contribution in [0, 0.1) is 17.5 Å². The van der Waals surface area contributed by atoms with E-state index in [1.165, 1.54) is 0 Å². The molecule has 0 atom stereocenters. The zero-order valence-electron chi connectivity index (χ0n) is 19.3. The SMILES string of the molecule is [N-]=[N+]=Nc1c(F)c(F)c(C(=O)[O-])c(-c2c3ccc(=[N+]4CCC4)cc-3oc3cc(N4CCC4)ccc23)c1F. The molecular formula is C26H18F3N5O3. The highest BCUT2D eigenvalue weighted by molar-refractivity contribution is 6.08. The number of carbonyl (C=O) groups is 1. The minimum Gasteiger partial charge on any atom is -0.545 e. The molecule has 2 saturated heterocycles. The van der Waals surface area contributed by atoms with Gasteiger partial charge in [-0.05, 0) is 30.2 Å². The lowest BCUT2D eigenvalue weighted by Crippen LogP contribution is -2.40. The molecule has 3 heterocycles. The smallest absolute Gasteiger partial charge is 0.203 e. The summed E-state index contributed by atoms with van der Waals surface area (Å²) in [4.78, 5) is 16.5. The molecule has 0 saturated carbocycles. The number of fused-ring (bicyclic) bond motifs is 2. The van der Waals surface area contributed by atoms with E-state index in [1.54, 1.807) is 36.4 Å². The minimum atomic E-state index is -2.12. The van der Waals surface area contributed by atoms with Gasteiger partial charge in [0.2, 0.25) is 5.36 Å². The van der Waals surface area contributed by atoms with Crippen molar-refractivity contribution >= 4 is 28.3 Å². The molecule has 1 aliphatic carbocycles. The Morgan fingerprint density at radius 1 is 1.03 bits per heavy atom. The number of anilines is 1. The van der Waals surface area contributed by atoms with Gasteiger partial charge in [-0.2, -0.15) is 0 Å². The summed E-state index contributed by atoms with van der Waals surface area (Å²) >= 11 is 0. The first kappa shape index (κ1) is 22.9. The summed E-state index contributed by atoms with van der Waals surface area (Å²) in [7, 11) is 0. The molecule has 0 spiro atoms. The van der Waals surface area contributed by atoms with E-state index in [0.29, 0.717) is 11.3 Å². The Hall–Kier alpha value is -4.50. The van der Waals surface area contributed by atoms with Crippen LogP contribution in [0.2, 0.25) is 0 Å². The lowest BCUT2D eigenvalue weighted by Gasteiger charge is -2.33. The van der Waals surface area contributed by atoms with Crippen molar-refractivity contribution in [3.8, 4) is 22.5 Å². The third-order valence-electron chi connectivity index (χ3n) is 7.03. The van der Waals surface area contributed by atoms with Gasteiger partial charge in [0.25, 0.3) is 0 Å². The summed E-state index contributed by atoms with van der Waals surface area (Å²) in [6.45, 7) is 3.42. The number of rotatable bonds is 4. The van der Waals surface area contributed by atoms with Crippen molar-refractivity contribution in [1.82, 2.24) is 4.58 Å². The highest BCUT2D eigenvalue weighted by Crippen LogP contribution is 2.46. The van der Waals surface area contributed by atoms with E-state index in [0.717, 1.165) is 50.1 Å². The van der Waals surface area contributed by atoms with Crippen LogP contribution in [-0.4, -0.2) is 32.1 Å². The number of aromatic carboxylic acids is 1. The minimum absolute atomic E-state index is 0.0356. The summed E-state index contributed by atoms with van der Waals surface area (Å²) in [6.07, 6.45) is 2.07. The van der Waals surface area contributed by atoms with Crippen LogP contribution < -0.4 is 19.9 Å². The Labute approximate surface area is 207 Å². The maximum absolute atomic E-state index is 15.8. The monoisotopic (exact) mass is 505 g/mol. The summed E-state index contributed by atoms with van der Waals surface area (Å²) in [5, 5.41) is 16.1. The van der Waals surface area contributed by atoms with Gasteiger partial charge in [0, 0.05) is 63.5 Å². The van der Waals surface area contributed by atoms with Crippen LogP contribution in [0.5, 0.6) is 0 Å². The van der Waals surface area contributed by atoms with E-state index in [2.05, 4.69) is 19.5 Å². The number of carboxylic acid groups (broad SMARTS) is 1. The summed E-state index contributed by atoms with van der Waals surface area (Å²) in [5.41, 5.74) is 6.85. The molecule has 37 heavy (non-hydrogen) atoms. The van der Waals surface area contributed by atoms with Crippen molar-refractivity contribution in [3.05, 3.63) is 75.2 Å². The molecule has 6 rings (SSSR count). The van der Waals surface area contributed by atoms with Gasteiger partial charge in [0.1, 0.15) is 35.9 Å². The first-order valence-corrected chi connectivity index (χ1v) is 11.7. The van der Waals surface area contributed by atoms with Crippen molar-refractivity contribution in [1.29, 1.82) is 0 Å². The second-order valence-corrected chi connectivity index (χ2v) is 9.04. The topological polar surface area (TPSA) is 108 Å². The molecule has 0 radical (unpaired) electrons. The summed E-state index contributed by atoms with van der Waals surface area (Å²) in [5.74, 6) is -7.12. The highest BCUT2D eigenvalue weighted by Gasteiger charge is 2.31. The predicted octanol–water partition coefficient (Wildman–Crippen LogP) is 4.31. The van der Waals surface area contributed by atoms with Gasteiger partial charge in [0.15, 0.2) is 11.6 Å². The van der Waals surface area contributed by atoms with E-state index in [1.807, 2.05) is 0 Å². The number of carbonyl (C=O) groups excluding carboxylic acids is 1. The van der Waals surface area contributed by atoms with Crippen molar-refractivity contribution in [2.75, 3.05) is 31.1 Å². The summed E-state index contributed by atoms with van der Waals surface area (Å²) in [6, 6.07) is 10.3. The Bertz CT molecular complexity index is 1720. The van der Waals surface area contributed by atoms with E-state index in [4.69, 9.17) is 9.95 Å². The molecule has 4 aliphatic rings. The van der Waals surface area contributed by atoms with Crippen molar-refractivity contribution in [2.45, 2.75) is 12.8 Å². The molecule has 0 bridgehead atoms. The van der Waals surface area contributed by atoms with E-state index in [9.17, 15) is 14.3 Å². The third kappa shape index (κ3) is 3.50. The summed E-state index contributed by atoms with van der Waals surface area (Å²) < 4.78 is 53.7. The van der Waals surface area contributed by atoms with Crippen molar-refractivity contribution in [3.63, 3.8) is 0 Å². The molecule has 2 aromatic rings. The van der Waals surface area contributed by atoms with Gasteiger partial charge in [-0.15, -0.1) is 0 Å². The van der Waals surface area contributed by atoms with Crippen LogP contribution in [0.4, 0.5) is 24.5 Å². The second-order valence-electron chi connectivity index (χ2n) is 9.04. The molecule has 2 aromatic carbocycles. The number of hydrogen-bond donors (Lipinski definition) is 0. The molecule has 0 N–H and O–H groups in total. The molecular weight excluding hydrogens is 487 g/mol. The lowest BCUT2D eigenvalue weighted by atomic mass is 9.89. The number of benzene rings is 3. The Balaban J connectivity index is 1.77. The second kappa shape index (κ2) is 8.56. The fourth-order valence-electron chi connectivity index (χ4n) is 4.89. The molecule has 11 heteroatoms. The predicted molar refractivity (Wildman–Crippen MR) is 128 cm³/mol. The third-order valence-corrected chi connectivity index (χ3v) is 7.03. The van der Waals surface area contributed by atoms with Gasteiger partial charge in [-0.3, -0.25) is 0 Å². The molecule has 0 unspecified atom stereocenters. The number of carboxylic acids is 1. The van der Waals surface area contributed by atoms with Gasteiger partial charge >= 0.3 is 0 Å². The fraction of sp³-hybridized carbons (Fsp3) is 0.231. The first-order chi connectivity index (χ1) is 17.9. The molecule has 3 aliphatic heterocycles. The number of halogens is 3. The van der Waals surface area contributed by atoms with Crippen LogP contribution in [-0.2, 0) is 0 Å². The van der Waals surface area contributed by atoms with Crippen LogP contribution >= 0.6 is 0 Å². The van der Waals surface area contributed by atoms with Crippen LogP contribution in [0.15, 0.2) is 45.9 Å². The number of azide groups is 1. The normalized spacial score (nSPS) is 14.9.